The van der Waals surface area contributed by atoms with Crippen LogP contribution in [0.4, 0.5) is 0 Å². The van der Waals surface area contributed by atoms with Gasteiger partial charge in [-0.1, -0.05) is 18.2 Å². The number of carboxylic acids is 1. The molecule has 0 fully saturated rings. The number of nitrogens with two attached hydrogens (primary N) is 2. The van der Waals surface area contributed by atoms with Crippen molar-refractivity contribution in [2.75, 3.05) is 12.4 Å². The van der Waals surface area contributed by atoms with Crippen LogP contribution >= 0.6 is 12.6 Å². The van der Waals surface area contributed by atoms with Crippen LogP contribution in [-0.2, 0) is 30.4 Å². The Hall–Kier alpha value is -3.62. The number of aromatic nitrogens is 1. The van der Waals surface area contributed by atoms with E-state index in [1.54, 1.807) is 12.3 Å². The van der Waals surface area contributed by atoms with E-state index < -0.39 is 60.4 Å². The molecule has 0 saturated heterocycles. The fraction of sp³-hybridized carbons (Fsp3) is 0.409. The van der Waals surface area contributed by atoms with E-state index in [1.807, 2.05) is 18.2 Å². The fourth-order valence-electron chi connectivity index (χ4n) is 3.38. The molecule has 4 unspecified atom stereocenters. The minimum atomic E-state index is -1.34. The number of aliphatic carboxylic acids is 1. The van der Waals surface area contributed by atoms with Crippen molar-refractivity contribution in [2.45, 2.75) is 43.4 Å². The molecule has 0 saturated carbocycles. The number of hydrogen-bond acceptors (Lipinski definition) is 8. The fourth-order valence-corrected chi connectivity index (χ4v) is 3.62. The maximum absolute atomic E-state index is 13.2. The van der Waals surface area contributed by atoms with Crippen LogP contribution in [0.5, 0.6) is 0 Å². The lowest BCUT2D eigenvalue weighted by Gasteiger charge is -2.24. The predicted octanol–water partition coefficient (Wildman–Crippen LogP) is -2.24. The molecule has 36 heavy (non-hydrogen) atoms. The van der Waals surface area contributed by atoms with E-state index >= 15 is 0 Å². The lowest BCUT2D eigenvalue weighted by molar-refractivity contribution is -0.141. The summed E-state index contributed by atoms with van der Waals surface area (Å²) >= 11 is 3.89. The number of benzene rings is 1. The smallest absolute Gasteiger partial charge is 0.327 e. The number of carbonyl (C=O) groups excluding carboxylic acids is 4. The summed E-state index contributed by atoms with van der Waals surface area (Å²) in [6, 6.07) is 2.11. The Balaban J connectivity index is 2.29. The van der Waals surface area contributed by atoms with Crippen molar-refractivity contribution in [1.82, 2.24) is 20.9 Å². The van der Waals surface area contributed by atoms with Gasteiger partial charge in [-0.05, 0) is 18.1 Å². The lowest BCUT2D eigenvalue weighted by Crippen LogP contribution is -2.58. The Morgan fingerprint density at radius 3 is 2.19 bits per heavy atom. The summed E-state index contributed by atoms with van der Waals surface area (Å²) in [5.74, 6) is -4.73. The van der Waals surface area contributed by atoms with Crippen molar-refractivity contribution in [1.29, 1.82) is 0 Å². The second kappa shape index (κ2) is 13.5. The summed E-state index contributed by atoms with van der Waals surface area (Å²) in [7, 11) is 0. The molecular formula is C22H30N6O7S. The van der Waals surface area contributed by atoms with Gasteiger partial charge in [0.1, 0.15) is 24.2 Å². The van der Waals surface area contributed by atoms with Crippen LogP contribution in [0.15, 0.2) is 30.5 Å². The van der Waals surface area contributed by atoms with Crippen LogP contribution in [0.2, 0.25) is 0 Å². The molecule has 0 spiro atoms. The number of amides is 4. The molecule has 2 aromatic rings. The zero-order valence-electron chi connectivity index (χ0n) is 19.3. The van der Waals surface area contributed by atoms with E-state index in [1.165, 1.54) is 0 Å². The molecule has 4 amide bonds. The molecule has 0 bridgehead atoms. The molecule has 0 radical (unpaired) electrons. The number of aliphatic hydroxyl groups is 1. The van der Waals surface area contributed by atoms with Crippen LogP contribution in [0.1, 0.15) is 18.4 Å². The van der Waals surface area contributed by atoms with Gasteiger partial charge in [-0.15, -0.1) is 0 Å². The van der Waals surface area contributed by atoms with E-state index in [4.69, 9.17) is 11.5 Å². The second-order valence-electron chi connectivity index (χ2n) is 8.06. The average Bonchev–Trinajstić information content (AvgIpc) is 3.26. The Kier molecular flexibility index (Phi) is 10.7. The highest BCUT2D eigenvalue weighted by molar-refractivity contribution is 7.80. The van der Waals surface area contributed by atoms with Crippen LogP contribution in [0, 0.1) is 0 Å². The maximum Gasteiger partial charge on any atom is 0.327 e. The molecular weight excluding hydrogens is 492 g/mol. The largest absolute Gasteiger partial charge is 0.480 e. The number of carbonyl (C=O) groups is 5. The van der Waals surface area contributed by atoms with Gasteiger partial charge in [0.05, 0.1) is 6.61 Å². The quantitative estimate of drug-likeness (QED) is 0.123. The molecule has 196 valence electrons. The molecule has 4 atom stereocenters. The zero-order chi connectivity index (χ0) is 26.8. The number of primary amides is 1. The van der Waals surface area contributed by atoms with Crippen LogP contribution in [0.3, 0.4) is 0 Å². The minimum Gasteiger partial charge on any atom is -0.480 e. The van der Waals surface area contributed by atoms with Crippen LogP contribution in [0.25, 0.3) is 10.9 Å². The van der Waals surface area contributed by atoms with Crippen LogP contribution in [-0.4, -0.2) is 81.3 Å². The number of aliphatic hydroxyl groups excluding tert-OH is 1. The molecule has 13 nitrogen and oxygen atoms in total. The second-order valence-corrected chi connectivity index (χ2v) is 8.43. The molecule has 0 aliphatic carbocycles. The summed E-state index contributed by atoms with van der Waals surface area (Å²) in [5.41, 5.74) is 12.2. The van der Waals surface area contributed by atoms with E-state index in [0.717, 1.165) is 10.9 Å². The number of fused-ring (bicyclic) bond motifs is 1. The first-order valence-corrected chi connectivity index (χ1v) is 11.6. The maximum atomic E-state index is 13.2. The van der Waals surface area contributed by atoms with Gasteiger partial charge in [-0.3, -0.25) is 19.2 Å². The van der Waals surface area contributed by atoms with E-state index in [2.05, 4.69) is 33.6 Å². The Morgan fingerprint density at radius 1 is 0.972 bits per heavy atom. The van der Waals surface area contributed by atoms with Gasteiger partial charge in [-0.2, -0.15) is 12.6 Å². The standard InChI is InChI=1S/C22H30N6O7S/c23-13(9-29)19(31)27-16(7-11-8-25-14-4-2-1-3-12(11)14)21(33)26-15(5-6-18(24)30)20(32)28-17(10-36)22(34)35/h1-4,8,13,15-17,25,29,36H,5-7,9-10,23H2,(H2,24,30)(H,26,33)(H,27,31)(H,28,32)(H,34,35). The van der Waals surface area contributed by atoms with Gasteiger partial charge < -0.3 is 42.6 Å². The molecule has 1 heterocycles. The van der Waals surface area contributed by atoms with E-state index in [0.29, 0.717) is 5.56 Å². The number of hydrogen-bond donors (Lipinski definition) is 9. The number of carboxylic acid groups (broad SMARTS) is 1. The number of para-hydroxylation sites is 1. The summed E-state index contributed by atoms with van der Waals surface area (Å²) in [6.45, 7) is -0.656. The van der Waals surface area contributed by atoms with Crippen molar-refractivity contribution in [2.24, 2.45) is 11.5 Å². The van der Waals surface area contributed by atoms with Crippen molar-refractivity contribution in [3.05, 3.63) is 36.0 Å². The van der Waals surface area contributed by atoms with Gasteiger partial charge in [0.2, 0.25) is 23.6 Å². The monoisotopic (exact) mass is 522 g/mol. The van der Waals surface area contributed by atoms with Gasteiger partial charge >= 0.3 is 5.97 Å². The van der Waals surface area contributed by atoms with Crippen molar-refractivity contribution in [3.8, 4) is 0 Å². The first kappa shape index (κ1) is 28.6. The van der Waals surface area contributed by atoms with E-state index in [-0.39, 0.29) is 25.0 Å². The Morgan fingerprint density at radius 2 is 1.58 bits per heavy atom. The number of rotatable bonds is 14. The van der Waals surface area contributed by atoms with Gasteiger partial charge in [-0.25, -0.2) is 4.79 Å². The number of nitrogens with one attached hydrogen (secondary N) is 4. The van der Waals surface area contributed by atoms with Crippen molar-refractivity contribution in [3.63, 3.8) is 0 Å². The topological polar surface area (TPSA) is 230 Å². The first-order chi connectivity index (χ1) is 17.1. The SMILES string of the molecule is NC(=O)CCC(NC(=O)C(Cc1c[nH]c2ccccc12)NC(=O)C(N)CO)C(=O)NC(CS)C(=O)O. The number of thiol groups is 1. The van der Waals surface area contributed by atoms with Gasteiger partial charge in [0, 0.05) is 35.7 Å². The third-order valence-electron chi connectivity index (χ3n) is 5.37. The van der Waals surface area contributed by atoms with Gasteiger partial charge in [0.15, 0.2) is 0 Å². The molecule has 0 aliphatic heterocycles. The highest BCUT2D eigenvalue weighted by Gasteiger charge is 2.30. The Labute approximate surface area is 211 Å². The third-order valence-corrected chi connectivity index (χ3v) is 5.74. The number of aromatic amines is 1. The third kappa shape index (κ3) is 7.96. The average molecular weight is 523 g/mol. The summed E-state index contributed by atoms with van der Waals surface area (Å²) in [6.07, 6.45) is 1.18. The summed E-state index contributed by atoms with van der Waals surface area (Å²) in [5, 5.41) is 26.4. The van der Waals surface area contributed by atoms with E-state index in [9.17, 15) is 34.2 Å². The normalized spacial score (nSPS) is 14.3. The minimum absolute atomic E-state index is 0.00170. The molecule has 0 aliphatic rings. The van der Waals surface area contributed by atoms with Crippen LogP contribution < -0.4 is 27.4 Å². The highest BCUT2D eigenvalue weighted by Crippen LogP contribution is 2.19. The highest BCUT2D eigenvalue weighted by atomic mass is 32.1. The Bertz CT molecular complexity index is 1110. The summed E-state index contributed by atoms with van der Waals surface area (Å²) < 4.78 is 0. The molecule has 1 aromatic carbocycles. The van der Waals surface area contributed by atoms with Gasteiger partial charge in [0.25, 0.3) is 0 Å². The zero-order valence-corrected chi connectivity index (χ0v) is 20.2. The van der Waals surface area contributed by atoms with Crippen molar-refractivity contribution < 1.29 is 34.2 Å². The molecule has 14 heteroatoms. The first-order valence-electron chi connectivity index (χ1n) is 11.0. The summed E-state index contributed by atoms with van der Waals surface area (Å²) in [4.78, 5) is 64.0. The number of H-pyrrole nitrogens is 1. The molecule has 2 rings (SSSR count). The predicted molar refractivity (Wildman–Crippen MR) is 133 cm³/mol. The lowest BCUT2D eigenvalue weighted by atomic mass is 10.0. The molecule has 1 aromatic heterocycles. The molecule has 10 N–H and O–H groups in total. The van der Waals surface area contributed by atoms with Crippen molar-refractivity contribution >= 4 is 53.1 Å².